The monoisotopic (exact) mass is 437 g/mol. The van der Waals surface area contributed by atoms with Crippen LogP contribution in [0.25, 0.3) is 0 Å². The molecule has 156 valence electrons. The van der Waals surface area contributed by atoms with Gasteiger partial charge in [-0.15, -0.1) is 0 Å². The van der Waals surface area contributed by atoms with Gasteiger partial charge in [0, 0.05) is 23.8 Å². The molecule has 1 fully saturated rings. The van der Waals surface area contributed by atoms with Crippen LogP contribution in [-0.4, -0.2) is 39.6 Å². The summed E-state index contributed by atoms with van der Waals surface area (Å²) in [7, 11) is -7.40. The standard InChI is InChI=1S/C19H23N3O5S2/c1-14-4-2-3-13-22(14)29(26,27)18-9-5-15(6-10-18)19(23)21-16-7-11-17(12-8-16)28(20,24)25/h5-12,14H,2-4,13H2,1H3,(H,21,23)(H2,20,24,25)/t14-/m0/s1. The molecule has 3 rings (SSSR count). The number of nitrogens with one attached hydrogen (secondary N) is 1. The molecule has 2 aromatic rings. The molecule has 0 aromatic heterocycles. The second kappa shape index (κ2) is 8.23. The third kappa shape index (κ3) is 4.84. The highest BCUT2D eigenvalue weighted by molar-refractivity contribution is 7.89. The lowest BCUT2D eigenvalue weighted by atomic mass is 10.1. The third-order valence-electron chi connectivity index (χ3n) is 4.91. The van der Waals surface area contributed by atoms with Crippen molar-refractivity contribution in [1.29, 1.82) is 0 Å². The number of hydrogen-bond acceptors (Lipinski definition) is 5. The third-order valence-corrected chi connectivity index (χ3v) is 7.86. The summed E-state index contributed by atoms with van der Waals surface area (Å²) in [5.74, 6) is -0.441. The van der Waals surface area contributed by atoms with Gasteiger partial charge in [-0.1, -0.05) is 6.42 Å². The zero-order chi connectivity index (χ0) is 21.2. The Morgan fingerprint density at radius 3 is 2.10 bits per heavy atom. The Hall–Kier alpha value is -2.27. The first-order chi connectivity index (χ1) is 13.6. The lowest BCUT2D eigenvalue weighted by Crippen LogP contribution is -2.41. The first kappa shape index (κ1) is 21.4. The number of primary sulfonamides is 1. The van der Waals surface area contributed by atoms with Gasteiger partial charge in [0.15, 0.2) is 0 Å². The van der Waals surface area contributed by atoms with Crippen molar-refractivity contribution in [2.75, 3.05) is 11.9 Å². The van der Waals surface area contributed by atoms with Gasteiger partial charge in [0.2, 0.25) is 20.0 Å². The van der Waals surface area contributed by atoms with Crippen LogP contribution in [0.15, 0.2) is 58.3 Å². The minimum Gasteiger partial charge on any atom is -0.322 e. The Morgan fingerprint density at radius 1 is 0.966 bits per heavy atom. The molecular weight excluding hydrogens is 414 g/mol. The molecule has 1 atom stereocenters. The number of carbonyl (C=O) groups excluding carboxylic acids is 1. The number of nitrogens with two attached hydrogens (primary N) is 1. The molecule has 8 nitrogen and oxygen atoms in total. The van der Waals surface area contributed by atoms with E-state index >= 15 is 0 Å². The second-order valence-electron chi connectivity index (χ2n) is 7.01. The Balaban J connectivity index is 1.73. The number of nitrogens with zero attached hydrogens (tertiary/aromatic N) is 1. The summed E-state index contributed by atoms with van der Waals surface area (Å²) < 4.78 is 49.8. The fourth-order valence-electron chi connectivity index (χ4n) is 3.27. The summed E-state index contributed by atoms with van der Waals surface area (Å²) in [4.78, 5) is 12.5. The van der Waals surface area contributed by atoms with Gasteiger partial charge >= 0.3 is 0 Å². The highest BCUT2D eigenvalue weighted by Crippen LogP contribution is 2.25. The Morgan fingerprint density at radius 2 is 1.55 bits per heavy atom. The van der Waals surface area contributed by atoms with Crippen molar-refractivity contribution < 1.29 is 21.6 Å². The number of amides is 1. The predicted octanol–water partition coefficient (Wildman–Crippen LogP) is 2.15. The van der Waals surface area contributed by atoms with Crippen molar-refractivity contribution in [2.24, 2.45) is 5.14 Å². The second-order valence-corrected chi connectivity index (χ2v) is 10.5. The lowest BCUT2D eigenvalue weighted by molar-refractivity contribution is 0.102. The molecule has 1 aliphatic heterocycles. The zero-order valence-electron chi connectivity index (χ0n) is 15.9. The molecule has 0 spiro atoms. The molecule has 0 saturated carbocycles. The van der Waals surface area contributed by atoms with Crippen LogP contribution in [0.3, 0.4) is 0 Å². The molecule has 10 heteroatoms. The smallest absolute Gasteiger partial charge is 0.255 e. The van der Waals surface area contributed by atoms with Gasteiger partial charge in [-0.2, -0.15) is 4.31 Å². The zero-order valence-corrected chi connectivity index (χ0v) is 17.5. The minimum atomic E-state index is -3.81. The summed E-state index contributed by atoms with van der Waals surface area (Å²) in [6.45, 7) is 2.40. The summed E-state index contributed by atoms with van der Waals surface area (Å²) in [6, 6.07) is 11.1. The first-order valence-corrected chi connectivity index (χ1v) is 12.1. The van der Waals surface area contributed by atoms with Crippen LogP contribution in [0, 0.1) is 0 Å². The van der Waals surface area contributed by atoms with Crippen molar-refractivity contribution in [2.45, 2.75) is 42.0 Å². The Labute approximate surface area is 170 Å². The topological polar surface area (TPSA) is 127 Å². The summed E-state index contributed by atoms with van der Waals surface area (Å²) in [5, 5.41) is 7.67. The summed E-state index contributed by atoms with van der Waals surface area (Å²) in [5.41, 5.74) is 0.674. The molecular formula is C19H23N3O5S2. The van der Waals surface area contributed by atoms with E-state index in [9.17, 15) is 21.6 Å². The predicted molar refractivity (Wildman–Crippen MR) is 109 cm³/mol. The molecule has 0 unspecified atom stereocenters. The number of hydrogen-bond donors (Lipinski definition) is 2. The van der Waals surface area contributed by atoms with E-state index in [1.165, 1.54) is 52.8 Å². The Bertz CT molecular complexity index is 1100. The van der Waals surface area contributed by atoms with Gasteiger partial charge in [-0.25, -0.2) is 22.0 Å². The van der Waals surface area contributed by atoms with E-state index in [0.717, 1.165) is 19.3 Å². The highest BCUT2D eigenvalue weighted by Gasteiger charge is 2.30. The molecule has 0 bridgehead atoms. The Kier molecular flexibility index (Phi) is 6.08. The van der Waals surface area contributed by atoms with E-state index < -0.39 is 26.0 Å². The lowest BCUT2D eigenvalue weighted by Gasteiger charge is -2.32. The van der Waals surface area contributed by atoms with Crippen LogP contribution < -0.4 is 10.5 Å². The van der Waals surface area contributed by atoms with Gasteiger partial charge in [0.05, 0.1) is 9.79 Å². The maximum atomic E-state index is 12.8. The number of benzene rings is 2. The SMILES string of the molecule is C[C@H]1CCCCN1S(=O)(=O)c1ccc(C(=O)Nc2ccc(S(N)(=O)=O)cc2)cc1. The summed E-state index contributed by atoms with van der Waals surface area (Å²) >= 11 is 0. The molecule has 1 heterocycles. The van der Waals surface area contributed by atoms with Crippen molar-refractivity contribution >= 4 is 31.6 Å². The van der Waals surface area contributed by atoms with E-state index in [1.54, 1.807) is 0 Å². The van der Waals surface area contributed by atoms with Crippen molar-refractivity contribution in [3.05, 3.63) is 54.1 Å². The number of anilines is 1. The van der Waals surface area contributed by atoms with Crippen LogP contribution in [0.2, 0.25) is 0 Å². The summed E-state index contributed by atoms with van der Waals surface area (Å²) in [6.07, 6.45) is 2.70. The molecule has 1 aliphatic rings. The fraction of sp³-hybridized carbons (Fsp3) is 0.316. The molecule has 0 aliphatic carbocycles. The number of piperidine rings is 1. The number of carbonyl (C=O) groups is 1. The minimum absolute atomic E-state index is 0.0444. The molecule has 1 amide bonds. The van der Waals surface area contributed by atoms with Crippen molar-refractivity contribution in [3.8, 4) is 0 Å². The highest BCUT2D eigenvalue weighted by atomic mass is 32.2. The van der Waals surface area contributed by atoms with Gasteiger partial charge in [-0.05, 0) is 68.3 Å². The van der Waals surface area contributed by atoms with E-state index in [1.807, 2.05) is 6.92 Å². The number of sulfonamides is 2. The van der Waals surface area contributed by atoms with Crippen molar-refractivity contribution in [1.82, 2.24) is 4.31 Å². The van der Waals surface area contributed by atoms with Crippen LogP contribution in [0.4, 0.5) is 5.69 Å². The average Bonchev–Trinajstić information content (AvgIpc) is 2.68. The largest absolute Gasteiger partial charge is 0.322 e. The first-order valence-electron chi connectivity index (χ1n) is 9.15. The average molecular weight is 438 g/mol. The van der Waals surface area contributed by atoms with E-state index in [2.05, 4.69) is 5.32 Å². The van der Waals surface area contributed by atoms with Crippen LogP contribution >= 0.6 is 0 Å². The normalized spacial score (nSPS) is 18.3. The maximum Gasteiger partial charge on any atom is 0.255 e. The van der Waals surface area contributed by atoms with Crippen LogP contribution in [-0.2, 0) is 20.0 Å². The van der Waals surface area contributed by atoms with E-state index in [4.69, 9.17) is 5.14 Å². The molecule has 0 radical (unpaired) electrons. The molecule has 1 saturated heterocycles. The number of rotatable bonds is 5. The van der Waals surface area contributed by atoms with Crippen LogP contribution in [0.1, 0.15) is 36.5 Å². The van der Waals surface area contributed by atoms with Gasteiger partial charge < -0.3 is 5.32 Å². The van der Waals surface area contributed by atoms with E-state index in [0.29, 0.717) is 12.2 Å². The quantitative estimate of drug-likeness (QED) is 0.741. The van der Waals surface area contributed by atoms with Gasteiger partial charge in [0.1, 0.15) is 0 Å². The molecule has 2 aromatic carbocycles. The van der Waals surface area contributed by atoms with Crippen molar-refractivity contribution in [3.63, 3.8) is 0 Å². The fourth-order valence-corrected chi connectivity index (χ4v) is 5.49. The maximum absolute atomic E-state index is 12.8. The molecule has 29 heavy (non-hydrogen) atoms. The molecule has 3 N–H and O–H groups in total. The van der Waals surface area contributed by atoms with E-state index in [-0.39, 0.29) is 21.4 Å². The van der Waals surface area contributed by atoms with Crippen LogP contribution in [0.5, 0.6) is 0 Å². The van der Waals surface area contributed by atoms with Gasteiger partial charge in [0.25, 0.3) is 5.91 Å². The van der Waals surface area contributed by atoms with Gasteiger partial charge in [-0.3, -0.25) is 4.79 Å².